The van der Waals surface area contributed by atoms with Gasteiger partial charge in [-0.3, -0.25) is 9.80 Å². The molecule has 0 spiro atoms. The van der Waals surface area contributed by atoms with Gasteiger partial charge >= 0.3 is 0 Å². The highest BCUT2D eigenvalue weighted by Crippen LogP contribution is 2.29. The molecular formula is C18H30N2S. The van der Waals surface area contributed by atoms with E-state index in [1.54, 1.807) is 0 Å². The Morgan fingerprint density at radius 3 is 2.81 bits per heavy atom. The second kappa shape index (κ2) is 6.80. The van der Waals surface area contributed by atoms with Gasteiger partial charge in [0.2, 0.25) is 0 Å². The van der Waals surface area contributed by atoms with Gasteiger partial charge in [-0.25, -0.2) is 0 Å². The van der Waals surface area contributed by atoms with Crippen LogP contribution in [0.2, 0.25) is 0 Å². The van der Waals surface area contributed by atoms with Crippen LogP contribution in [-0.2, 0) is 6.42 Å². The van der Waals surface area contributed by atoms with Gasteiger partial charge in [0.15, 0.2) is 0 Å². The molecule has 0 radical (unpaired) electrons. The maximum Gasteiger partial charge on any atom is 0.0249 e. The van der Waals surface area contributed by atoms with Crippen LogP contribution in [0.4, 0.5) is 0 Å². The summed E-state index contributed by atoms with van der Waals surface area (Å²) in [6, 6.07) is 4.50. The first-order valence-electron chi connectivity index (χ1n) is 8.66. The van der Waals surface area contributed by atoms with Crippen LogP contribution in [0.15, 0.2) is 16.8 Å². The third-order valence-electron chi connectivity index (χ3n) is 5.47. The average molecular weight is 307 g/mol. The summed E-state index contributed by atoms with van der Waals surface area (Å²) in [6.07, 6.45) is 5.46. The van der Waals surface area contributed by atoms with Gasteiger partial charge in [0.05, 0.1) is 0 Å². The first-order chi connectivity index (χ1) is 10.1. The van der Waals surface area contributed by atoms with E-state index in [1.165, 1.54) is 50.9 Å². The smallest absolute Gasteiger partial charge is 0.0249 e. The number of nitrogens with zero attached hydrogens (tertiary/aromatic N) is 2. The van der Waals surface area contributed by atoms with Crippen LogP contribution in [0.3, 0.4) is 0 Å². The van der Waals surface area contributed by atoms with Gasteiger partial charge in [0.1, 0.15) is 0 Å². The molecule has 3 heteroatoms. The molecule has 0 bridgehead atoms. The van der Waals surface area contributed by atoms with Crippen molar-refractivity contribution in [3.8, 4) is 0 Å². The Balaban J connectivity index is 1.70. The van der Waals surface area contributed by atoms with Gasteiger partial charge in [-0.15, -0.1) is 0 Å². The number of hydrogen-bond acceptors (Lipinski definition) is 3. The minimum Gasteiger partial charge on any atom is -0.298 e. The zero-order chi connectivity index (χ0) is 14.8. The Hall–Kier alpha value is -0.380. The van der Waals surface area contributed by atoms with E-state index < -0.39 is 0 Å². The van der Waals surface area contributed by atoms with Gasteiger partial charge in [0, 0.05) is 31.2 Å². The third-order valence-corrected chi connectivity index (χ3v) is 6.20. The van der Waals surface area contributed by atoms with E-state index in [0.717, 1.165) is 18.0 Å². The van der Waals surface area contributed by atoms with Crippen molar-refractivity contribution in [3.63, 3.8) is 0 Å². The van der Waals surface area contributed by atoms with Crippen molar-refractivity contribution in [2.24, 2.45) is 5.92 Å². The first-order valence-corrected chi connectivity index (χ1v) is 9.60. The lowest BCUT2D eigenvalue weighted by atomic mass is 9.90. The quantitative estimate of drug-likeness (QED) is 0.833. The van der Waals surface area contributed by atoms with Crippen molar-refractivity contribution in [3.05, 3.63) is 22.4 Å². The average Bonchev–Trinajstić information content (AvgIpc) is 2.98. The van der Waals surface area contributed by atoms with Crippen molar-refractivity contribution in [2.45, 2.75) is 64.6 Å². The largest absolute Gasteiger partial charge is 0.298 e. The molecule has 2 saturated heterocycles. The lowest BCUT2D eigenvalue weighted by Gasteiger charge is -2.51. The maximum absolute atomic E-state index is 2.83. The predicted molar refractivity (Wildman–Crippen MR) is 92.0 cm³/mol. The summed E-state index contributed by atoms with van der Waals surface area (Å²) in [7, 11) is 0. The zero-order valence-corrected chi connectivity index (χ0v) is 14.6. The second-order valence-electron chi connectivity index (χ2n) is 7.34. The highest BCUT2D eigenvalue weighted by molar-refractivity contribution is 7.07. The molecule has 0 aromatic carbocycles. The lowest BCUT2D eigenvalue weighted by Crippen LogP contribution is -2.63. The zero-order valence-electron chi connectivity index (χ0n) is 13.8. The van der Waals surface area contributed by atoms with E-state index in [4.69, 9.17) is 0 Å². The van der Waals surface area contributed by atoms with Crippen molar-refractivity contribution < 1.29 is 0 Å². The van der Waals surface area contributed by atoms with Crippen LogP contribution < -0.4 is 0 Å². The van der Waals surface area contributed by atoms with E-state index in [1.807, 2.05) is 11.3 Å². The van der Waals surface area contributed by atoms with E-state index >= 15 is 0 Å². The Morgan fingerprint density at radius 1 is 1.24 bits per heavy atom. The fourth-order valence-corrected chi connectivity index (χ4v) is 4.88. The summed E-state index contributed by atoms with van der Waals surface area (Å²) in [6.45, 7) is 11.1. The number of fused-ring (bicyclic) bond motifs is 1. The molecule has 3 rings (SSSR count). The van der Waals surface area contributed by atoms with Crippen molar-refractivity contribution in [1.29, 1.82) is 0 Å². The van der Waals surface area contributed by atoms with Gasteiger partial charge in [-0.2, -0.15) is 11.3 Å². The molecule has 2 aliphatic heterocycles. The van der Waals surface area contributed by atoms with Crippen LogP contribution in [0.1, 0.15) is 45.6 Å². The monoisotopic (exact) mass is 306 g/mol. The van der Waals surface area contributed by atoms with Gasteiger partial charge in [-0.05, 0) is 61.0 Å². The highest BCUT2D eigenvalue weighted by atomic mass is 32.1. The molecule has 2 fully saturated rings. The van der Waals surface area contributed by atoms with Crippen molar-refractivity contribution >= 4 is 11.3 Å². The Bertz CT molecular complexity index is 428. The Labute approximate surface area is 134 Å². The SMILES string of the molecule is CC(C)C1CN2CCCCC2CN1C(C)Cc1ccsc1. The van der Waals surface area contributed by atoms with E-state index in [-0.39, 0.29) is 0 Å². The third kappa shape index (κ3) is 3.52. The molecule has 2 nitrogen and oxygen atoms in total. The van der Waals surface area contributed by atoms with E-state index in [2.05, 4.69) is 47.4 Å². The number of piperidine rings is 1. The Morgan fingerprint density at radius 2 is 2.10 bits per heavy atom. The van der Waals surface area contributed by atoms with Gasteiger partial charge in [-0.1, -0.05) is 20.3 Å². The van der Waals surface area contributed by atoms with Crippen molar-refractivity contribution in [2.75, 3.05) is 19.6 Å². The molecule has 0 amide bonds. The topological polar surface area (TPSA) is 6.48 Å². The molecule has 2 aliphatic rings. The Kier molecular flexibility index (Phi) is 5.03. The molecule has 0 saturated carbocycles. The number of piperazine rings is 1. The van der Waals surface area contributed by atoms with Crippen molar-refractivity contribution in [1.82, 2.24) is 9.80 Å². The molecule has 1 aromatic heterocycles. The molecule has 3 heterocycles. The standard InChI is InChI=1S/C18H30N2S/c1-14(2)18-12-19-8-5-4-6-17(19)11-20(18)15(3)10-16-7-9-21-13-16/h7,9,13-15,17-18H,4-6,8,10-12H2,1-3H3. The summed E-state index contributed by atoms with van der Waals surface area (Å²) in [4.78, 5) is 5.61. The molecular weight excluding hydrogens is 276 g/mol. The summed E-state index contributed by atoms with van der Waals surface area (Å²) < 4.78 is 0. The fourth-order valence-electron chi connectivity index (χ4n) is 4.20. The predicted octanol–water partition coefficient (Wildman–Crippen LogP) is 3.87. The van der Waals surface area contributed by atoms with Crippen LogP contribution >= 0.6 is 11.3 Å². The maximum atomic E-state index is 2.83. The summed E-state index contributed by atoms with van der Waals surface area (Å²) in [5.41, 5.74) is 1.51. The van der Waals surface area contributed by atoms with Crippen LogP contribution in [0, 0.1) is 5.92 Å². The van der Waals surface area contributed by atoms with Crippen LogP contribution in [-0.4, -0.2) is 47.6 Å². The van der Waals surface area contributed by atoms with Crippen LogP contribution in [0.25, 0.3) is 0 Å². The molecule has 3 atom stereocenters. The number of hydrogen-bond donors (Lipinski definition) is 0. The minimum absolute atomic E-state index is 0.663. The van der Waals surface area contributed by atoms with Gasteiger partial charge < -0.3 is 0 Å². The molecule has 3 unspecified atom stereocenters. The summed E-state index contributed by atoms with van der Waals surface area (Å²) in [5.74, 6) is 0.748. The molecule has 1 aromatic rings. The first kappa shape index (κ1) is 15.5. The van der Waals surface area contributed by atoms with Crippen LogP contribution in [0.5, 0.6) is 0 Å². The second-order valence-corrected chi connectivity index (χ2v) is 8.12. The minimum atomic E-state index is 0.663. The van der Waals surface area contributed by atoms with E-state index in [9.17, 15) is 0 Å². The summed E-state index contributed by atoms with van der Waals surface area (Å²) >= 11 is 1.83. The molecule has 21 heavy (non-hydrogen) atoms. The van der Waals surface area contributed by atoms with E-state index in [0.29, 0.717) is 6.04 Å². The number of thiophene rings is 1. The molecule has 118 valence electrons. The lowest BCUT2D eigenvalue weighted by molar-refractivity contribution is -0.0263. The normalized spacial score (nSPS) is 29.5. The molecule has 0 N–H and O–H groups in total. The fraction of sp³-hybridized carbons (Fsp3) is 0.778. The molecule has 0 aliphatic carbocycles. The highest BCUT2D eigenvalue weighted by Gasteiger charge is 2.37. The summed E-state index contributed by atoms with van der Waals surface area (Å²) in [5, 5.41) is 4.53. The van der Waals surface area contributed by atoms with Gasteiger partial charge in [0.25, 0.3) is 0 Å². The number of rotatable bonds is 4.